The number of esters is 1. The van der Waals surface area contributed by atoms with E-state index in [0.29, 0.717) is 24.7 Å². The number of carbonyl (C=O) groups excluding carboxylic acids is 1. The van der Waals surface area contributed by atoms with Gasteiger partial charge < -0.3 is 14.9 Å². The summed E-state index contributed by atoms with van der Waals surface area (Å²) in [5.41, 5.74) is 0.488. The van der Waals surface area contributed by atoms with E-state index in [1.165, 1.54) is 95.6 Å². The number of aliphatic hydroxyl groups excluding tert-OH is 1. The Hall–Kier alpha value is -1.81. The molecule has 0 saturated carbocycles. The van der Waals surface area contributed by atoms with Crippen LogP contribution in [0.15, 0.2) is 36.4 Å². The second-order valence-electron chi connectivity index (χ2n) is 10.2. The van der Waals surface area contributed by atoms with Crippen molar-refractivity contribution in [2.75, 3.05) is 13.2 Å². The van der Waals surface area contributed by atoms with Gasteiger partial charge >= 0.3 is 5.97 Å². The molecule has 4 nitrogen and oxygen atoms in total. The van der Waals surface area contributed by atoms with Crippen LogP contribution in [0.4, 0.5) is 0 Å². The molecule has 2 N–H and O–H groups in total. The van der Waals surface area contributed by atoms with Crippen LogP contribution in [0, 0.1) is 5.92 Å². The second-order valence-corrected chi connectivity index (χ2v) is 10.2. The third kappa shape index (κ3) is 30.3. The van der Waals surface area contributed by atoms with Gasteiger partial charge in [-0.25, -0.2) is 4.79 Å². The monoisotopic (exact) mass is 520 g/mol. The fourth-order valence-electron chi connectivity index (χ4n) is 3.45. The molecule has 0 amide bonds. The number of aromatic hydroxyl groups is 1. The van der Waals surface area contributed by atoms with Crippen molar-refractivity contribution in [3.05, 3.63) is 42.0 Å². The third-order valence-electron chi connectivity index (χ3n) is 5.70. The van der Waals surface area contributed by atoms with E-state index >= 15 is 0 Å². The molecule has 0 unspecified atom stereocenters. The molecule has 0 bridgehead atoms. The predicted molar refractivity (Wildman–Crippen MR) is 160 cm³/mol. The summed E-state index contributed by atoms with van der Waals surface area (Å²) in [6, 6.07) is 6.17. The normalized spacial score (nSPS) is 10.6. The topological polar surface area (TPSA) is 66.8 Å². The van der Waals surface area contributed by atoms with Gasteiger partial charge in [0.25, 0.3) is 0 Å². The number of allylic oxidation sites excluding steroid dienone is 2. The van der Waals surface area contributed by atoms with E-state index in [4.69, 9.17) is 9.84 Å². The van der Waals surface area contributed by atoms with E-state index in [1.807, 2.05) is 0 Å². The molecule has 0 saturated heterocycles. The molecular weight excluding hydrogens is 460 g/mol. The maximum absolute atomic E-state index is 11.8. The van der Waals surface area contributed by atoms with Crippen LogP contribution in [0.25, 0.3) is 0 Å². The van der Waals surface area contributed by atoms with E-state index in [9.17, 15) is 9.90 Å². The lowest BCUT2D eigenvalue weighted by molar-refractivity contribution is 0.0497. The van der Waals surface area contributed by atoms with Gasteiger partial charge in [-0.05, 0) is 68.7 Å². The molecule has 0 spiro atoms. The Morgan fingerprint density at radius 1 is 0.784 bits per heavy atom. The summed E-state index contributed by atoms with van der Waals surface area (Å²) in [6.07, 6.45) is 24.7. The minimum absolute atomic E-state index is 0.157. The van der Waals surface area contributed by atoms with Gasteiger partial charge in [-0.1, -0.05) is 111 Å². The SMILES string of the molecule is CC(C)CCO.CCC.CCCCCCCC/C=C\CCCCCCCCOC(=O)c1ccc(O)cc1. The van der Waals surface area contributed by atoms with E-state index in [0.717, 1.165) is 19.3 Å². The van der Waals surface area contributed by atoms with Gasteiger partial charge in [0.1, 0.15) is 5.75 Å². The number of rotatable bonds is 19. The Labute approximate surface area is 229 Å². The number of benzene rings is 1. The van der Waals surface area contributed by atoms with Crippen LogP contribution in [0.5, 0.6) is 5.75 Å². The molecule has 0 atom stereocenters. The summed E-state index contributed by atoms with van der Waals surface area (Å²) in [7, 11) is 0. The molecule has 1 rings (SSSR count). The Morgan fingerprint density at radius 2 is 1.24 bits per heavy atom. The van der Waals surface area contributed by atoms with Crippen LogP contribution < -0.4 is 0 Å². The highest BCUT2D eigenvalue weighted by Crippen LogP contribution is 2.12. The number of hydrogen-bond donors (Lipinski definition) is 2. The highest BCUT2D eigenvalue weighted by Gasteiger charge is 2.06. The fraction of sp³-hybridized carbons (Fsp3) is 0.727. The first-order chi connectivity index (χ1) is 17.9. The van der Waals surface area contributed by atoms with Gasteiger partial charge in [-0.3, -0.25) is 0 Å². The van der Waals surface area contributed by atoms with Crippen LogP contribution in [0.3, 0.4) is 0 Å². The molecule has 0 heterocycles. The van der Waals surface area contributed by atoms with Crippen molar-refractivity contribution in [3.8, 4) is 5.75 Å². The third-order valence-corrected chi connectivity index (χ3v) is 5.70. The quantitative estimate of drug-likeness (QED) is 0.108. The number of ether oxygens (including phenoxy) is 1. The van der Waals surface area contributed by atoms with Gasteiger partial charge in [0.2, 0.25) is 0 Å². The number of hydrogen-bond acceptors (Lipinski definition) is 4. The molecule has 4 heteroatoms. The van der Waals surface area contributed by atoms with E-state index in [-0.39, 0.29) is 11.7 Å². The number of phenols is 1. The first-order valence-corrected chi connectivity index (χ1v) is 15.1. The average molecular weight is 521 g/mol. The van der Waals surface area contributed by atoms with Crippen LogP contribution in [-0.2, 0) is 4.74 Å². The van der Waals surface area contributed by atoms with Crippen LogP contribution in [0.1, 0.15) is 148 Å². The number of carbonyl (C=O) groups is 1. The number of unbranched alkanes of at least 4 members (excludes halogenated alkanes) is 12. The van der Waals surface area contributed by atoms with Crippen molar-refractivity contribution < 1.29 is 19.7 Å². The Morgan fingerprint density at radius 3 is 1.68 bits per heavy atom. The maximum atomic E-state index is 11.8. The predicted octanol–water partition coefficient (Wildman–Crippen LogP) is 10.0. The Bertz CT molecular complexity index is 607. The average Bonchev–Trinajstić information content (AvgIpc) is 2.87. The van der Waals surface area contributed by atoms with Crippen molar-refractivity contribution in [2.24, 2.45) is 5.92 Å². The molecule has 37 heavy (non-hydrogen) atoms. The van der Waals surface area contributed by atoms with Gasteiger partial charge in [-0.15, -0.1) is 0 Å². The second kappa shape index (κ2) is 30.4. The minimum atomic E-state index is -0.312. The molecule has 1 aromatic carbocycles. The summed E-state index contributed by atoms with van der Waals surface area (Å²) in [5.74, 6) is 0.493. The smallest absolute Gasteiger partial charge is 0.338 e. The first-order valence-electron chi connectivity index (χ1n) is 15.1. The number of phenolic OH excluding ortho intramolecular Hbond substituents is 1. The Balaban J connectivity index is 0. The lowest BCUT2D eigenvalue weighted by Gasteiger charge is -2.05. The zero-order chi connectivity index (χ0) is 28.0. The van der Waals surface area contributed by atoms with Crippen molar-refractivity contribution >= 4 is 5.97 Å². The zero-order valence-electron chi connectivity index (χ0n) is 25.0. The van der Waals surface area contributed by atoms with E-state index in [2.05, 4.69) is 46.8 Å². The summed E-state index contributed by atoms with van der Waals surface area (Å²) in [6.45, 7) is 11.5. The zero-order valence-corrected chi connectivity index (χ0v) is 25.0. The number of aliphatic hydroxyl groups is 1. The Kier molecular flexibility index (Phi) is 30.7. The van der Waals surface area contributed by atoms with Crippen LogP contribution in [-0.4, -0.2) is 29.4 Å². The molecule has 0 aromatic heterocycles. The van der Waals surface area contributed by atoms with Crippen molar-refractivity contribution in [3.63, 3.8) is 0 Å². The molecule has 0 radical (unpaired) electrons. The fourth-order valence-corrected chi connectivity index (χ4v) is 3.45. The summed E-state index contributed by atoms with van der Waals surface area (Å²) >= 11 is 0. The van der Waals surface area contributed by atoms with Gasteiger partial charge in [0.15, 0.2) is 0 Å². The van der Waals surface area contributed by atoms with Crippen molar-refractivity contribution in [1.82, 2.24) is 0 Å². The standard InChI is InChI=1S/C25H40O3.C5H12O.C3H8/c1-2-3-4-5-6-7-8-9-10-11-12-13-14-15-16-17-22-28-25(27)23-18-20-24(26)21-19-23;1-5(2)3-4-6;1-3-2/h9-10,18-21,26H,2-8,11-17,22H2,1H3;5-6H,3-4H2,1-2H3;3H2,1-2H3/b10-9-;;. The van der Waals surface area contributed by atoms with Gasteiger partial charge in [-0.2, -0.15) is 0 Å². The molecule has 0 aliphatic heterocycles. The minimum Gasteiger partial charge on any atom is -0.508 e. The van der Waals surface area contributed by atoms with Gasteiger partial charge in [0.05, 0.1) is 12.2 Å². The van der Waals surface area contributed by atoms with Crippen molar-refractivity contribution in [1.29, 1.82) is 0 Å². The molecule has 0 aliphatic carbocycles. The molecular formula is C33H60O4. The van der Waals surface area contributed by atoms with E-state index in [1.54, 1.807) is 12.1 Å². The first kappa shape index (κ1) is 37.3. The summed E-state index contributed by atoms with van der Waals surface area (Å²) in [4.78, 5) is 11.8. The highest BCUT2D eigenvalue weighted by molar-refractivity contribution is 5.89. The van der Waals surface area contributed by atoms with Crippen molar-refractivity contribution in [2.45, 2.75) is 137 Å². The lowest BCUT2D eigenvalue weighted by atomic mass is 10.1. The largest absolute Gasteiger partial charge is 0.508 e. The molecule has 0 aliphatic rings. The van der Waals surface area contributed by atoms with Crippen LogP contribution >= 0.6 is 0 Å². The molecule has 216 valence electrons. The molecule has 0 fully saturated rings. The van der Waals surface area contributed by atoms with E-state index < -0.39 is 0 Å². The summed E-state index contributed by atoms with van der Waals surface area (Å²) in [5, 5.41) is 17.5. The highest BCUT2D eigenvalue weighted by atomic mass is 16.5. The maximum Gasteiger partial charge on any atom is 0.338 e. The molecule has 1 aromatic rings. The lowest BCUT2D eigenvalue weighted by Crippen LogP contribution is -2.06. The van der Waals surface area contributed by atoms with Crippen LogP contribution in [0.2, 0.25) is 0 Å². The summed E-state index contributed by atoms with van der Waals surface area (Å²) < 4.78 is 5.26. The van der Waals surface area contributed by atoms with Gasteiger partial charge in [0, 0.05) is 6.61 Å².